The second-order valence-electron chi connectivity index (χ2n) is 14.2. The van der Waals surface area contributed by atoms with Gasteiger partial charge < -0.3 is 63.8 Å². The minimum Gasteiger partial charge on any atom is -0.507 e. The zero-order chi connectivity index (χ0) is 42.1. The van der Waals surface area contributed by atoms with Gasteiger partial charge in [0.2, 0.25) is 0 Å². The molecule has 0 radical (unpaired) electrons. The van der Waals surface area contributed by atoms with Gasteiger partial charge in [0.15, 0.2) is 23.8 Å². The fraction of sp³-hybridized carbons (Fsp3) is 0.512. The zero-order valence-corrected chi connectivity index (χ0v) is 33.9. The van der Waals surface area contributed by atoms with Crippen LogP contribution in [0.2, 0.25) is 0 Å². The van der Waals surface area contributed by atoms with E-state index in [0.29, 0.717) is 19.8 Å². The molecular formula is C43H57N3O13. The van der Waals surface area contributed by atoms with Crippen molar-refractivity contribution < 1.29 is 63.8 Å². The molecule has 0 spiro atoms. The summed E-state index contributed by atoms with van der Waals surface area (Å²) in [5.41, 5.74) is 0.558. The SMILES string of the molecule is CCCCOCC(O)COc1ccc(-c2nc(-c3ccc(OCC(O)COCCCC)cc3O)nc(-c3ccc(OCC(O)C4OC4OCCCC)cc3O)n2)c(O)c1. The first-order chi connectivity index (χ1) is 28.6. The maximum absolute atomic E-state index is 11.2. The first kappa shape index (κ1) is 45.3. The fourth-order valence-corrected chi connectivity index (χ4v) is 5.66. The summed E-state index contributed by atoms with van der Waals surface area (Å²) in [5, 5.41) is 64.5. The van der Waals surface area contributed by atoms with Crippen molar-refractivity contribution in [3.63, 3.8) is 0 Å². The van der Waals surface area contributed by atoms with Crippen molar-refractivity contribution in [1.82, 2.24) is 15.0 Å². The maximum atomic E-state index is 11.2. The summed E-state index contributed by atoms with van der Waals surface area (Å²) in [5.74, 6) is 0.113. The van der Waals surface area contributed by atoms with Crippen molar-refractivity contribution in [3.8, 4) is 68.7 Å². The van der Waals surface area contributed by atoms with Crippen LogP contribution in [0.25, 0.3) is 34.2 Å². The minimum atomic E-state index is -0.949. The average molecular weight is 824 g/mol. The fourth-order valence-electron chi connectivity index (χ4n) is 5.66. The van der Waals surface area contributed by atoms with E-state index in [-0.39, 0.29) is 102 Å². The predicted molar refractivity (Wildman–Crippen MR) is 217 cm³/mol. The number of unbranched alkanes of at least 4 members (excludes halogenated alkanes) is 3. The third kappa shape index (κ3) is 13.9. The number of hydrogen-bond acceptors (Lipinski definition) is 16. The van der Waals surface area contributed by atoms with Gasteiger partial charge in [-0.05, 0) is 55.7 Å². The van der Waals surface area contributed by atoms with Crippen molar-refractivity contribution in [2.24, 2.45) is 0 Å². The molecule has 5 atom stereocenters. The van der Waals surface area contributed by atoms with Crippen molar-refractivity contribution in [2.45, 2.75) is 90.0 Å². The number of benzene rings is 3. The second kappa shape index (κ2) is 23.1. The van der Waals surface area contributed by atoms with Crippen LogP contribution in [0.4, 0.5) is 0 Å². The highest BCUT2D eigenvalue weighted by Crippen LogP contribution is 2.38. The quantitative estimate of drug-likeness (QED) is 0.0328. The molecule has 6 N–H and O–H groups in total. The molecule has 3 aromatic carbocycles. The molecule has 1 aromatic heterocycles. The number of ether oxygens (including phenoxy) is 7. The highest BCUT2D eigenvalue weighted by Gasteiger charge is 2.46. The third-order valence-corrected chi connectivity index (χ3v) is 9.12. The molecule has 5 unspecified atom stereocenters. The van der Waals surface area contributed by atoms with Crippen LogP contribution in [-0.4, -0.2) is 129 Å². The summed E-state index contributed by atoms with van der Waals surface area (Å²) in [6.45, 7) is 7.79. The number of hydrogen-bond donors (Lipinski definition) is 6. The van der Waals surface area contributed by atoms with E-state index in [4.69, 9.17) is 33.2 Å². The van der Waals surface area contributed by atoms with Gasteiger partial charge in [0.1, 0.15) is 78.7 Å². The van der Waals surface area contributed by atoms with Crippen LogP contribution in [0.1, 0.15) is 59.3 Å². The monoisotopic (exact) mass is 823 g/mol. The van der Waals surface area contributed by atoms with E-state index in [1.54, 1.807) is 18.2 Å². The summed E-state index contributed by atoms with van der Waals surface area (Å²) in [7, 11) is 0. The Bertz CT molecular complexity index is 1810. The van der Waals surface area contributed by atoms with Gasteiger partial charge >= 0.3 is 0 Å². The molecule has 1 saturated heterocycles. The van der Waals surface area contributed by atoms with Crippen molar-refractivity contribution >= 4 is 0 Å². The lowest BCUT2D eigenvalue weighted by Gasteiger charge is -2.15. The molecule has 0 bridgehead atoms. The van der Waals surface area contributed by atoms with E-state index >= 15 is 0 Å². The smallest absolute Gasteiger partial charge is 0.187 e. The van der Waals surface area contributed by atoms with Gasteiger partial charge in [-0.25, -0.2) is 15.0 Å². The molecule has 1 fully saturated rings. The Balaban J connectivity index is 1.36. The van der Waals surface area contributed by atoms with Crippen molar-refractivity contribution in [2.75, 3.05) is 52.9 Å². The molecule has 4 aromatic rings. The first-order valence-electron chi connectivity index (χ1n) is 20.2. The lowest BCUT2D eigenvalue weighted by molar-refractivity contribution is 0.0113. The van der Waals surface area contributed by atoms with Crippen LogP contribution < -0.4 is 14.2 Å². The Morgan fingerprint density at radius 1 is 0.542 bits per heavy atom. The maximum Gasteiger partial charge on any atom is 0.187 e. The van der Waals surface area contributed by atoms with Crippen LogP contribution in [0, 0.1) is 0 Å². The van der Waals surface area contributed by atoms with E-state index in [9.17, 15) is 30.6 Å². The molecule has 1 aliphatic heterocycles. The van der Waals surface area contributed by atoms with E-state index < -0.39 is 30.7 Å². The standard InChI is InChI=1S/C43H57N3O13/c1-4-7-16-53-22-27(47)24-56-29-10-13-32(35(49)19-29)40-44-41(33-14-11-30(20-36(33)50)57-25-28(48)23-54-17-8-5-2)46-42(45-40)34-15-12-31(21-37(34)51)58-26-38(52)39-43(59-39)55-18-9-6-3/h10-15,19-21,27-28,38-39,43,47-52H,4-9,16-18,22-26H2,1-3H3. The largest absolute Gasteiger partial charge is 0.507 e. The van der Waals surface area contributed by atoms with Crippen molar-refractivity contribution in [3.05, 3.63) is 54.6 Å². The third-order valence-electron chi connectivity index (χ3n) is 9.12. The van der Waals surface area contributed by atoms with Crippen LogP contribution in [0.3, 0.4) is 0 Å². The van der Waals surface area contributed by atoms with Crippen LogP contribution in [-0.2, 0) is 18.9 Å². The van der Waals surface area contributed by atoms with Crippen LogP contribution in [0.15, 0.2) is 54.6 Å². The zero-order valence-electron chi connectivity index (χ0n) is 33.9. The molecule has 16 heteroatoms. The Kier molecular flexibility index (Phi) is 17.7. The topological polar surface area (TPSA) is 228 Å². The Labute approximate surface area is 344 Å². The highest BCUT2D eigenvalue weighted by atomic mass is 16.8. The number of phenols is 3. The molecule has 0 saturated carbocycles. The summed E-state index contributed by atoms with van der Waals surface area (Å²) >= 11 is 0. The van der Waals surface area contributed by atoms with Gasteiger partial charge in [-0.1, -0.05) is 40.0 Å². The van der Waals surface area contributed by atoms with Gasteiger partial charge in [-0.15, -0.1) is 0 Å². The summed E-state index contributed by atoms with van der Waals surface area (Å²) in [4.78, 5) is 13.7. The number of aromatic nitrogens is 3. The Morgan fingerprint density at radius 3 is 1.32 bits per heavy atom. The molecule has 5 rings (SSSR count). The number of rotatable bonds is 27. The molecule has 59 heavy (non-hydrogen) atoms. The summed E-state index contributed by atoms with van der Waals surface area (Å²) in [6.07, 6.45) is 1.95. The van der Waals surface area contributed by atoms with Gasteiger partial charge in [0.25, 0.3) is 0 Å². The Morgan fingerprint density at radius 2 is 0.932 bits per heavy atom. The number of nitrogens with zero attached hydrogens (tertiary/aromatic N) is 3. The van der Waals surface area contributed by atoms with Crippen molar-refractivity contribution in [1.29, 1.82) is 0 Å². The molecule has 0 amide bonds. The van der Waals surface area contributed by atoms with E-state index in [1.807, 2.05) is 13.8 Å². The summed E-state index contributed by atoms with van der Waals surface area (Å²) in [6, 6.07) is 13.4. The molecule has 0 aliphatic carbocycles. The molecule has 16 nitrogen and oxygen atoms in total. The number of aliphatic hydroxyl groups is 3. The number of phenolic OH excluding ortho intramolecular Hbond substituents is 3. The number of epoxide rings is 1. The highest BCUT2D eigenvalue weighted by molar-refractivity contribution is 5.74. The van der Waals surface area contributed by atoms with E-state index in [2.05, 4.69) is 21.9 Å². The van der Waals surface area contributed by atoms with Gasteiger partial charge in [0, 0.05) is 38.0 Å². The first-order valence-corrected chi connectivity index (χ1v) is 20.2. The van der Waals surface area contributed by atoms with Gasteiger partial charge in [0.05, 0.1) is 29.9 Å². The normalized spacial score (nSPS) is 16.4. The summed E-state index contributed by atoms with van der Waals surface area (Å²) < 4.78 is 39.0. The molecular weight excluding hydrogens is 766 g/mol. The lowest BCUT2D eigenvalue weighted by atomic mass is 10.1. The van der Waals surface area contributed by atoms with Crippen LogP contribution >= 0.6 is 0 Å². The molecule has 322 valence electrons. The Hall–Kier alpha value is -4.81. The van der Waals surface area contributed by atoms with Gasteiger partial charge in [-0.2, -0.15) is 0 Å². The predicted octanol–water partition coefficient (Wildman–Crippen LogP) is 5.38. The average Bonchev–Trinajstić information content (AvgIpc) is 4.01. The van der Waals surface area contributed by atoms with Gasteiger partial charge in [-0.3, -0.25) is 0 Å². The van der Waals surface area contributed by atoms with E-state index in [0.717, 1.165) is 38.5 Å². The minimum absolute atomic E-state index is 0.00405. The number of aliphatic hydroxyl groups excluding tert-OH is 3. The molecule has 2 heterocycles. The lowest BCUT2D eigenvalue weighted by Crippen LogP contribution is -2.25. The number of aromatic hydroxyl groups is 3. The van der Waals surface area contributed by atoms with Crippen LogP contribution in [0.5, 0.6) is 34.5 Å². The molecule has 1 aliphatic rings. The second-order valence-corrected chi connectivity index (χ2v) is 14.2. The van der Waals surface area contributed by atoms with E-state index in [1.165, 1.54) is 36.4 Å².